The van der Waals surface area contributed by atoms with Gasteiger partial charge in [0.15, 0.2) is 5.82 Å². The lowest BCUT2D eigenvalue weighted by Crippen LogP contribution is -2.54. The maximum absolute atomic E-state index is 14.2. The highest BCUT2D eigenvalue weighted by atomic mass is 19.1. The van der Waals surface area contributed by atoms with Crippen LogP contribution in [0.4, 0.5) is 10.1 Å². The van der Waals surface area contributed by atoms with Crippen molar-refractivity contribution >= 4 is 11.7 Å². The van der Waals surface area contributed by atoms with E-state index in [0.29, 0.717) is 5.56 Å². The Balaban J connectivity index is 1.65. The van der Waals surface area contributed by atoms with Crippen LogP contribution in [0.1, 0.15) is 31.4 Å². The van der Waals surface area contributed by atoms with E-state index in [1.54, 1.807) is 18.2 Å². The smallest absolute Gasteiger partial charge is 0.326 e. The number of ether oxygens (including phenoxy) is 1. The molecule has 1 saturated carbocycles. The SMILES string of the molecule is COC(=O)C1(N2CCN(C(C)c3cccc(N)c3F)CC2)CC1. The average molecular weight is 321 g/mol. The van der Waals surface area contributed by atoms with Crippen LogP contribution in [-0.4, -0.2) is 54.6 Å². The van der Waals surface area contributed by atoms with Gasteiger partial charge >= 0.3 is 5.97 Å². The summed E-state index contributed by atoms with van der Waals surface area (Å²) in [4.78, 5) is 16.4. The van der Waals surface area contributed by atoms with Crippen molar-refractivity contribution in [2.45, 2.75) is 31.3 Å². The fourth-order valence-corrected chi connectivity index (χ4v) is 3.58. The number of hydrogen-bond donors (Lipinski definition) is 1. The first kappa shape index (κ1) is 16.2. The molecule has 5 nitrogen and oxygen atoms in total. The Kier molecular flexibility index (Phi) is 4.29. The first-order valence-corrected chi connectivity index (χ1v) is 8.11. The second kappa shape index (κ2) is 6.09. The molecular weight excluding hydrogens is 297 g/mol. The number of carbonyl (C=O) groups excluding carboxylic acids is 1. The van der Waals surface area contributed by atoms with Gasteiger partial charge in [0.2, 0.25) is 0 Å². The third-order valence-electron chi connectivity index (χ3n) is 5.26. The Morgan fingerprint density at radius 2 is 1.96 bits per heavy atom. The molecule has 23 heavy (non-hydrogen) atoms. The molecule has 1 saturated heterocycles. The van der Waals surface area contributed by atoms with E-state index in [0.717, 1.165) is 39.0 Å². The molecule has 1 unspecified atom stereocenters. The minimum atomic E-state index is -0.396. The number of benzene rings is 1. The molecule has 1 heterocycles. The van der Waals surface area contributed by atoms with Gasteiger partial charge in [0.05, 0.1) is 12.8 Å². The van der Waals surface area contributed by atoms with E-state index < -0.39 is 5.54 Å². The van der Waals surface area contributed by atoms with Crippen molar-refractivity contribution < 1.29 is 13.9 Å². The number of rotatable bonds is 4. The molecule has 1 aromatic carbocycles. The molecule has 126 valence electrons. The Labute approximate surface area is 136 Å². The Bertz CT molecular complexity index is 596. The van der Waals surface area contributed by atoms with Crippen LogP contribution >= 0.6 is 0 Å². The molecule has 0 amide bonds. The van der Waals surface area contributed by atoms with E-state index in [1.165, 1.54) is 7.11 Å². The molecule has 2 fully saturated rings. The highest BCUT2D eigenvalue weighted by Gasteiger charge is 2.56. The van der Waals surface area contributed by atoms with Gasteiger partial charge in [0.25, 0.3) is 0 Å². The van der Waals surface area contributed by atoms with Gasteiger partial charge in [-0.25, -0.2) is 4.39 Å². The Morgan fingerprint density at radius 3 is 2.52 bits per heavy atom. The van der Waals surface area contributed by atoms with Gasteiger partial charge in [-0.05, 0) is 25.8 Å². The number of piperazine rings is 1. The minimum Gasteiger partial charge on any atom is -0.468 e. The van der Waals surface area contributed by atoms with Crippen LogP contribution in [0.3, 0.4) is 0 Å². The van der Waals surface area contributed by atoms with Crippen molar-refractivity contribution in [1.82, 2.24) is 9.80 Å². The highest BCUT2D eigenvalue weighted by Crippen LogP contribution is 2.43. The normalized spacial score (nSPS) is 22.6. The fourth-order valence-electron chi connectivity index (χ4n) is 3.58. The average Bonchev–Trinajstić information content (AvgIpc) is 3.38. The lowest BCUT2D eigenvalue weighted by molar-refractivity contribution is -0.150. The van der Waals surface area contributed by atoms with Crippen molar-refractivity contribution in [3.05, 3.63) is 29.6 Å². The van der Waals surface area contributed by atoms with Gasteiger partial charge in [-0.2, -0.15) is 0 Å². The number of esters is 1. The number of anilines is 1. The van der Waals surface area contributed by atoms with E-state index in [4.69, 9.17) is 10.5 Å². The minimum absolute atomic E-state index is 0.0334. The number of hydrogen-bond acceptors (Lipinski definition) is 5. The van der Waals surface area contributed by atoms with Crippen molar-refractivity contribution in [3.8, 4) is 0 Å². The first-order chi connectivity index (χ1) is 11.0. The Morgan fingerprint density at radius 1 is 1.30 bits per heavy atom. The van der Waals surface area contributed by atoms with Crippen LogP contribution in [-0.2, 0) is 9.53 Å². The lowest BCUT2D eigenvalue weighted by Gasteiger charge is -2.41. The molecule has 3 rings (SSSR count). The molecule has 0 spiro atoms. The van der Waals surface area contributed by atoms with Crippen molar-refractivity contribution in [1.29, 1.82) is 0 Å². The van der Waals surface area contributed by atoms with E-state index in [2.05, 4.69) is 9.80 Å². The summed E-state index contributed by atoms with van der Waals surface area (Å²) in [6.07, 6.45) is 1.75. The number of methoxy groups -OCH3 is 1. The summed E-state index contributed by atoms with van der Waals surface area (Å²) in [5, 5.41) is 0. The molecule has 1 atom stereocenters. The summed E-state index contributed by atoms with van der Waals surface area (Å²) in [6.45, 7) is 5.19. The van der Waals surface area contributed by atoms with Gasteiger partial charge in [-0.1, -0.05) is 12.1 Å². The molecule has 2 N–H and O–H groups in total. The van der Waals surface area contributed by atoms with E-state index in [-0.39, 0.29) is 23.5 Å². The third kappa shape index (κ3) is 2.81. The third-order valence-corrected chi connectivity index (χ3v) is 5.26. The first-order valence-electron chi connectivity index (χ1n) is 8.11. The maximum atomic E-state index is 14.2. The van der Waals surface area contributed by atoms with E-state index in [9.17, 15) is 9.18 Å². The number of nitrogen functional groups attached to an aromatic ring is 1. The van der Waals surface area contributed by atoms with Crippen LogP contribution in [0.25, 0.3) is 0 Å². The van der Waals surface area contributed by atoms with Crippen LogP contribution < -0.4 is 5.73 Å². The number of nitrogens with zero attached hydrogens (tertiary/aromatic N) is 2. The summed E-state index contributed by atoms with van der Waals surface area (Å²) < 4.78 is 19.2. The summed E-state index contributed by atoms with van der Waals surface area (Å²) in [5.41, 5.74) is 6.10. The van der Waals surface area contributed by atoms with Gasteiger partial charge in [-0.15, -0.1) is 0 Å². The summed E-state index contributed by atoms with van der Waals surface area (Å²) in [7, 11) is 1.45. The standard InChI is InChI=1S/C17H24FN3O2/c1-12(13-4-3-5-14(19)15(13)18)20-8-10-21(11-9-20)17(6-7-17)16(22)23-2/h3-5,12H,6-11,19H2,1-2H3. The van der Waals surface area contributed by atoms with Gasteiger partial charge in [-0.3, -0.25) is 14.6 Å². The van der Waals surface area contributed by atoms with Crippen LogP contribution in [0, 0.1) is 5.82 Å². The van der Waals surface area contributed by atoms with Crippen molar-refractivity contribution in [3.63, 3.8) is 0 Å². The predicted molar refractivity (Wildman–Crippen MR) is 86.4 cm³/mol. The summed E-state index contributed by atoms with van der Waals surface area (Å²) >= 11 is 0. The van der Waals surface area contributed by atoms with Gasteiger partial charge in [0.1, 0.15) is 5.54 Å². The second-order valence-electron chi connectivity index (χ2n) is 6.47. The Hall–Kier alpha value is -1.66. The zero-order chi connectivity index (χ0) is 16.6. The largest absolute Gasteiger partial charge is 0.468 e. The molecular formula is C17H24FN3O2. The van der Waals surface area contributed by atoms with Gasteiger partial charge in [0, 0.05) is 37.8 Å². The summed E-state index contributed by atoms with van der Waals surface area (Å²) in [6, 6.07) is 5.13. The fraction of sp³-hybridized carbons (Fsp3) is 0.588. The van der Waals surface area contributed by atoms with E-state index in [1.807, 2.05) is 6.92 Å². The molecule has 0 radical (unpaired) electrons. The summed E-state index contributed by atoms with van der Waals surface area (Å²) in [5.74, 6) is -0.448. The van der Waals surface area contributed by atoms with Gasteiger partial charge < -0.3 is 10.5 Å². The quantitative estimate of drug-likeness (QED) is 0.677. The lowest BCUT2D eigenvalue weighted by atomic mass is 10.0. The predicted octanol–water partition coefficient (Wildman–Crippen LogP) is 1.79. The molecule has 0 bridgehead atoms. The van der Waals surface area contributed by atoms with Crippen LogP contribution in [0.5, 0.6) is 0 Å². The molecule has 0 aromatic heterocycles. The number of halogens is 1. The molecule has 6 heteroatoms. The number of nitrogens with two attached hydrogens (primary N) is 1. The molecule has 1 aliphatic heterocycles. The monoisotopic (exact) mass is 321 g/mol. The van der Waals surface area contributed by atoms with E-state index >= 15 is 0 Å². The van der Waals surface area contributed by atoms with Crippen LogP contribution in [0.15, 0.2) is 18.2 Å². The highest BCUT2D eigenvalue weighted by molar-refractivity contribution is 5.84. The molecule has 1 aromatic rings. The zero-order valence-electron chi connectivity index (χ0n) is 13.7. The van der Waals surface area contributed by atoms with Crippen molar-refractivity contribution in [2.75, 3.05) is 39.0 Å². The topological polar surface area (TPSA) is 58.8 Å². The maximum Gasteiger partial charge on any atom is 0.326 e. The second-order valence-corrected chi connectivity index (χ2v) is 6.47. The van der Waals surface area contributed by atoms with Crippen LogP contribution in [0.2, 0.25) is 0 Å². The number of carbonyl (C=O) groups is 1. The zero-order valence-corrected chi connectivity index (χ0v) is 13.7. The molecule has 1 aliphatic carbocycles. The van der Waals surface area contributed by atoms with Crippen molar-refractivity contribution in [2.24, 2.45) is 0 Å². The molecule has 2 aliphatic rings.